The molecule has 0 amide bonds. The van der Waals surface area contributed by atoms with Gasteiger partial charge in [-0.3, -0.25) is 0 Å². The second kappa shape index (κ2) is 5.69. The standard InChI is InChI=1S/C12H24S2/c1-4-6-7-12(3,5-2)10-8-14-9-11(10)13/h10-11,13H,4-9H2,1-3H3/t10?,11-,12?/m0/s1. The van der Waals surface area contributed by atoms with E-state index in [2.05, 4.69) is 32.5 Å². The molecule has 1 aliphatic rings. The van der Waals surface area contributed by atoms with Crippen molar-refractivity contribution in [2.24, 2.45) is 11.3 Å². The number of hydrogen-bond acceptors (Lipinski definition) is 2. The fraction of sp³-hybridized carbons (Fsp3) is 1.00. The van der Waals surface area contributed by atoms with Gasteiger partial charge in [0, 0.05) is 11.0 Å². The van der Waals surface area contributed by atoms with E-state index in [4.69, 9.17) is 12.6 Å². The fourth-order valence-corrected chi connectivity index (χ4v) is 4.84. The predicted molar refractivity (Wildman–Crippen MR) is 71.5 cm³/mol. The summed E-state index contributed by atoms with van der Waals surface area (Å²) in [4.78, 5) is 0. The minimum absolute atomic E-state index is 0.548. The highest BCUT2D eigenvalue weighted by molar-refractivity contribution is 8.00. The number of thioether (sulfide) groups is 1. The zero-order chi connectivity index (χ0) is 10.6. The van der Waals surface area contributed by atoms with Gasteiger partial charge in [0.1, 0.15) is 0 Å². The van der Waals surface area contributed by atoms with Crippen molar-refractivity contribution in [2.45, 2.75) is 51.7 Å². The lowest BCUT2D eigenvalue weighted by Crippen LogP contribution is -2.32. The first-order valence-corrected chi connectivity index (χ1v) is 7.57. The maximum absolute atomic E-state index is 4.74. The van der Waals surface area contributed by atoms with Gasteiger partial charge in [-0.05, 0) is 23.5 Å². The average Bonchev–Trinajstić information content (AvgIpc) is 2.61. The quantitative estimate of drug-likeness (QED) is 0.691. The molecule has 1 fully saturated rings. The molecule has 0 radical (unpaired) electrons. The first kappa shape index (κ1) is 12.8. The molecule has 0 aromatic rings. The van der Waals surface area contributed by atoms with E-state index in [9.17, 15) is 0 Å². The molecule has 0 aromatic heterocycles. The Hall–Kier alpha value is 0.700. The van der Waals surface area contributed by atoms with Crippen molar-refractivity contribution in [3.8, 4) is 0 Å². The Morgan fingerprint density at radius 3 is 2.50 bits per heavy atom. The smallest absolute Gasteiger partial charge is 0.0149 e. The molecule has 0 aliphatic carbocycles. The van der Waals surface area contributed by atoms with E-state index in [0.29, 0.717) is 10.7 Å². The first-order chi connectivity index (χ1) is 6.64. The van der Waals surface area contributed by atoms with Crippen LogP contribution in [-0.4, -0.2) is 16.8 Å². The molecule has 84 valence electrons. The van der Waals surface area contributed by atoms with Crippen LogP contribution >= 0.6 is 24.4 Å². The summed E-state index contributed by atoms with van der Waals surface area (Å²) in [5, 5.41) is 0.641. The number of rotatable bonds is 5. The van der Waals surface area contributed by atoms with Crippen LogP contribution in [-0.2, 0) is 0 Å². The molecule has 0 nitrogen and oxygen atoms in total. The van der Waals surface area contributed by atoms with Gasteiger partial charge in [-0.1, -0.05) is 40.0 Å². The summed E-state index contributed by atoms with van der Waals surface area (Å²) in [5.74, 6) is 3.44. The monoisotopic (exact) mass is 232 g/mol. The van der Waals surface area contributed by atoms with Gasteiger partial charge in [0.2, 0.25) is 0 Å². The van der Waals surface area contributed by atoms with Gasteiger partial charge in [0.25, 0.3) is 0 Å². The van der Waals surface area contributed by atoms with E-state index in [1.807, 2.05) is 0 Å². The van der Waals surface area contributed by atoms with Crippen LogP contribution in [0.1, 0.15) is 46.5 Å². The summed E-state index contributed by atoms with van der Waals surface area (Å²) >= 11 is 6.83. The molecule has 2 heteroatoms. The second-order valence-electron chi connectivity index (χ2n) is 4.82. The molecule has 1 aliphatic heterocycles. The normalized spacial score (nSPS) is 31.7. The molecule has 1 heterocycles. The van der Waals surface area contributed by atoms with Crippen molar-refractivity contribution in [3.05, 3.63) is 0 Å². The maximum atomic E-state index is 4.74. The highest BCUT2D eigenvalue weighted by Crippen LogP contribution is 2.45. The van der Waals surface area contributed by atoms with Crippen LogP contribution in [0.25, 0.3) is 0 Å². The Morgan fingerprint density at radius 1 is 1.36 bits per heavy atom. The minimum atomic E-state index is 0.548. The van der Waals surface area contributed by atoms with Gasteiger partial charge in [0.15, 0.2) is 0 Å². The lowest BCUT2D eigenvalue weighted by atomic mass is 9.71. The molecule has 0 aromatic carbocycles. The van der Waals surface area contributed by atoms with Gasteiger partial charge in [-0.2, -0.15) is 24.4 Å². The van der Waals surface area contributed by atoms with Crippen molar-refractivity contribution in [1.29, 1.82) is 0 Å². The van der Waals surface area contributed by atoms with Crippen LogP contribution in [0.4, 0.5) is 0 Å². The Bertz CT molecular complexity index is 170. The van der Waals surface area contributed by atoms with Gasteiger partial charge >= 0.3 is 0 Å². The molecule has 3 atom stereocenters. The highest BCUT2D eigenvalue weighted by Gasteiger charge is 2.38. The van der Waals surface area contributed by atoms with Crippen LogP contribution in [0.5, 0.6) is 0 Å². The largest absolute Gasteiger partial charge is 0.175 e. The highest BCUT2D eigenvalue weighted by atomic mass is 32.2. The van der Waals surface area contributed by atoms with E-state index in [0.717, 1.165) is 5.92 Å². The van der Waals surface area contributed by atoms with Gasteiger partial charge in [0.05, 0.1) is 0 Å². The van der Waals surface area contributed by atoms with Crippen molar-refractivity contribution in [1.82, 2.24) is 0 Å². The van der Waals surface area contributed by atoms with E-state index in [1.165, 1.54) is 37.2 Å². The maximum Gasteiger partial charge on any atom is 0.0149 e. The van der Waals surface area contributed by atoms with Crippen LogP contribution in [0.3, 0.4) is 0 Å². The third-order valence-electron chi connectivity index (χ3n) is 3.85. The molecule has 0 saturated carbocycles. The van der Waals surface area contributed by atoms with Crippen LogP contribution < -0.4 is 0 Å². The number of hydrogen-bond donors (Lipinski definition) is 1. The zero-order valence-electron chi connectivity index (χ0n) is 9.75. The molecule has 0 spiro atoms. The Morgan fingerprint density at radius 2 is 2.07 bits per heavy atom. The van der Waals surface area contributed by atoms with Crippen molar-refractivity contribution in [3.63, 3.8) is 0 Å². The van der Waals surface area contributed by atoms with E-state index < -0.39 is 0 Å². The van der Waals surface area contributed by atoms with Gasteiger partial charge in [-0.15, -0.1) is 0 Å². The lowest BCUT2D eigenvalue weighted by Gasteiger charge is -2.36. The molecule has 0 bridgehead atoms. The second-order valence-corrected chi connectivity index (χ2v) is 6.56. The summed E-state index contributed by atoms with van der Waals surface area (Å²) < 4.78 is 0. The topological polar surface area (TPSA) is 0 Å². The third kappa shape index (κ3) is 2.85. The van der Waals surface area contributed by atoms with Gasteiger partial charge < -0.3 is 0 Å². The molecule has 0 N–H and O–H groups in total. The van der Waals surface area contributed by atoms with Gasteiger partial charge in [-0.25, -0.2) is 0 Å². The summed E-state index contributed by atoms with van der Waals surface area (Å²) in [6.07, 6.45) is 5.41. The summed E-state index contributed by atoms with van der Waals surface area (Å²) in [5.41, 5.74) is 0.548. The summed E-state index contributed by atoms with van der Waals surface area (Å²) in [7, 11) is 0. The molecule has 1 rings (SSSR count). The van der Waals surface area contributed by atoms with E-state index in [-0.39, 0.29) is 0 Å². The lowest BCUT2D eigenvalue weighted by molar-refractivity contribution is 0.180. The van der Waals surface area contributed by atoms with Crippen LogP contribution in [0.15, 0.2) is 0 Å². The van der Waals surface area contributed by atoms with E-state index >= 15 is 0 Å². The van der Waals surface area contributed by atoms with Crippen LogP contribution in [0, 0.1) is 11.3 Å². The zero-order valence-corrected chi connectivity index (χ0v) is 11.5. The Kier molecular flexibility index (Phi) is 5.19. The van der Waals surface area contributed by atoms with E-state index in [1.54, 1.807) is 0 Å². The Labute approximate surface area is 99.0 Å². The third-order valence-corrected chi connectivity index (χ3v) is 5.83. The molecule has 1 saturated heterocycles. The van der Waals surface area contributed by atoms with Crippen molar-refractivity contribution >= 4 is 24.4 Å². The summed E-state index contributed by atoms with van der Waals surface area (Å²) in [6, 6.07) is 0. The Balaban J connectivity index is 2.57. The summed E-state index contributed by atoms with van der Waals surface area (Å²) in [6.45, 7) is 7.11. The minimum Gasteiger partial charge on any atom is -0.175 e. The molecule has 2 unspecified atom stereocenters. The average molecular weight is 232 g/mol. The fourth-order valence-electron chi connectivity index (χ4n) is 2.41. The predicted octanol–water partition coefficient (Wildman–Crippen LogP) is 4.25. The molecule has 14 heavy (non-hydrogen) atoms. The molecular weight excluding hydrogens is 208 g/mol. The SMILES string of the molecule is CCCCC(C)(CC)C1CSC[C@@H]1S. The van der Waals surface area contributed by atoms with Crippen molar-refractivity contribution < 1.29 is 0 Å². The van der Waals surface area contributed by atoms with Crippen LogP contribution in [0.2, 0.25) is 0 Å². The first-order valence-electron chi connectivity index (χ1n) is 5.90. The molecular formula is C12H24S2. The number of thiol groups is 1. The van der Waals surface area contributed by atoms with Crippen molar-refractivity contribution in [2.75, 3.05) is 11.5 Å². The number of unbranched alkanes of at least 4 members (excludes halogenated alkanes) is 1.